The quantitative estimate of drug-likeness (QED) is 0.351. The van der Waals surface area contributed by atoms with Crippen molar-refractivity contribution in [3.63, 3.8) is 0 Å². The minimum Gasteiger partial charge on any atom is -0.350 e. The number of amides is 3. The number of hydroxylamine groups is 1. The Morgan fingerprint density at radius 3 is 2.25 bits per heavy atom. The third kappa shape index (κ3) is 9.32. The van der Waals surface area contributed by atoms with Gasteiger partial charge in [0.25, 0.3) is 11.8 Å². The smallest absolute Gasteiger partial charge is 0.268 e. The zero-order valence-electron chi connectivity index (χ0n) is 23.1. The SMILES string of the molecule is CC(C)CCC(=O)N(C[C@@H](NC(=O)c1ccccc1)C(=O)NO[C@@H]1CCCCO1)N(c1ccccc1)S(C)(=O)=O. The molecule has 3 amide bonds. The van der Waals surface area contributed by atoms with Gasteiger partial charge in [-0.25, -0.2) is 23.7 Å². The van der Waals surface area contributed by atoms with Crippen molar-refractivity contribution in [1.29, 1.82) is 0 Å². The number of anilines is 1. The molecule has 1 saturated heterocycles. The molecule has 2 aromatic rings. The largest absolute Gasteiger partial charge is 0.350 e. The van der Waals surface area contributed by atoms with Crippen LogP contribution in [0, 0.1) is 5.92 Å². The number of sulfonamides is 1. The highest BCUT2D eigenvalue weighted by Crippen LogP contribution is 2.22. The number of nitrogens with one attached hydrogen (secondary N) is 2. The average molecular weight is 575 g/mol. The lowest BCUT2D eigenvalue weighted by Gasteiger charge is -2.36. The van der Waals surface area contributed by atoms with E-state index >= 15 is 0 Å². The van der Waals surface area contributed by atoms with Crippen LogP contribution in [-0.2, 0) is 29.2 Å². The van der Waals surface area contributed by atoms with Gasteiger partial charge in [0.2, 0.25) is 15.9 Å². The molecule has 1 heterocycles. The fourth-order valence-corrected chi connectivity index (χ4v) is 5.10. The van der Waals surface area contributed by atoms with Gasteiger partial charge >= 0.3 is 0 Å². The molecule has 3 rings (SSSR count). The maximum Gasteiger partial charge on any atom is 0.268 e. The highest BCUT2D eigenvalue weighted by atomic mass is 32.2. The third-order valence-corrected chi connectivity index (χ3v) is 7.21. The Labute approximate surface area is 235 Å². The van der Waals surface area contributed by atoms with Crippen LogP contribution in [0.2, 0.25) is 0 Å². The fourth-order valence-electron chi connectivity index (χ4n) is 4.08. The molecule has 2 aromatic carbocycles. The van der Waals surface area contributed by atoms with Crippen molar-refractivity contribution in [1.82, 2.24) is 15.8 Å². The average Bonchev–Trinajstić information content (AvgIpc) is 2.94. The monoisotopic (exact) mass is 574 g/mol. The summed E-state index contributed by atoms with van der Waals surface area (Å²) in [5.41, 5.74) is 2.84. The first-order valence-corrected chi connectivity index (χ1v) is 15.2. The maximum atomic E-state index is 13.6. The van der Waals surface area contributed by atoms with Crippen LogP contribution >= 0.6 is 0 Å². The molecule has 0 aliphatic carbocycles. The van der Waals surface area contributed by atoms with Crippen molar-refractivity contribution in [2.24, 2.45) is 5.92 Å². The Hall–Kier alpha value is -3.48. The van der Waals surface area contributed by atoms with E-state index in [1.54, 1.807) is 60.7 Å². The summed E-state index contributed by atoms with van der Waals surface area (Å²) < 4.78 is 32.5. The van der Waals surface area contributed by atoms with Gasteiger partial charge in [-0.2, -0.15) is 4.41 Å². The summed E-state index contributed by atoms with van der Waals surface area (Å²) >= 11 is 0. The van der Waals surface area contributed by atoms with Crippen LogP contribution in [0.5, 0.6) is 0 Å². The molecule has 2 N–H and O–H groups in total. The molecule has 40 heavy (non-hydrogen) atoms. The molecular weight excluding hydrogens is 536 g/mol. The molecular formula is C28H38N4O7S. The van der Waals surface area contributed by atoms with Crippen LogP contribution in [-0.4, -0.2) is 62.9 Å². The first kappa shape index (κ1) is 31.1. The number of rotatable bonds is 13. The van der Waals surface area contributed by atoms with E-state index in [1.807, 2.05) is 13.8 Å². The second-order valence-electron chi connectivity index (χ2n) is 10.0. The lowest BCUT2D eigenvalue weighted by Crippen LogP contribution is -2.59. The Kier molecular flexibility index (Phi) is 11.5. The number of benzene rings is 2. The van der Waals surface area contributed by atoms with E-state index in [-0.39, 0.29) is 23.6 Å². The van der Waals surface area contributed by atoms with E-state index in [2.05, 4.69) is 10.8 Å². The molecule has 2 atom stereocenters. The first-order valence-electron chi connectivity index (χ1n) is 13.3. The number of carbonyl (C=O) groups excluding carboxylic acids is 3. The number of hydrazine groups is 1. The normalized spacial score (nSPS) is 16.1. The molecule has 0 saturated carbocycles. The van der Waals surface area contributed by atoms with Gasteiger partial charge in [0.15, 0.2) is 6.29 Å². The highest BCUT2D eigenvalue weighted by Gasteiger charge is 2.34. The van der Waals surface area contributed by atoms with Crippen molar-refractivity contribution in [3.8, 4) is 0 Å². The number of hydrogen-bond donors (Lipinski definition) is 2. The molecule has 0 spiro atoms. The molecule has 11 nitrogen and oxygen atoms in total. The van der Waals surface area contributed by atoms with Gasteiger partial charge < -0.3 is 10.1 Å². The first-order chi connectivity index (χ1) is 19.1. The minimum atomic E-state index is -4.04. The molecule has 1 fully saturated rings. The predicted octanol–water partition coefficient (Wildman–Crippen LogP) is 3.01. The Balaban J connectivity index is 1.94. The third-order valence-electron chi connectivity index (χ3n) is 6.18. The lowest BCUT2D eigenvalue weighted by atomic mass is 10.1. The Morgan fingerprint density at radius 1 is 1.02 bits per heavy atom. The topological polar surface area (TPSA) is 134 Å². The zero-order chi connectivity index (χ0) is 29.1. The van der Waals surface area contributed by atoms with Gasteiger partial charge in [-0.1, -0.05) is 50.2 Å². The summed E-state index contributed by atoms with van der Waals surface area (Å²) in [4.78, 5) is 45.4. The summed E-state index contributed by atoms with van der Waals surface area (Å²) in [6.45, 7) is 3.92. The molecule has 0 radical (unpaired) electrons. The molecule has 12 heteroatoms. The van der Waals surface area contributed by atoms with Crippen molar-refractivity contribution >= 4 is 33.4 Å². The van der Waals surface area contributed by atoms with E-state index in [0.29, 0.717) is 19.4 Å². The van der Waals surface area contributed by atoms with Crippen molar-refractivity contribution < 1.29 is 32.4 Å². The second-order valence-corrected chi connectivity index (χ2v) is 11.8. The van der Waals surface area contributed by atoms with Gasteiger partial charge in [-0.15, -0.1) is 0 Å². The summed E-state index contributed by atoms with van der Waals surface area (Å²) in [6.07, 6.45) is 3.19. The second kappa shape index (κ2) is 14.8. The summed E-state index contributed by atoms with van der Waals surface area (Å²) in [6, 6.07) is 15.0. The number of ether oxygens (including phenoxy) is 1. The van der Waals surface area contributed by atoms with Crippen LogP contribution in [0.3, 0.4) is 0 Å². The number of para-hydroxylation sites is 1. The van der Waals surface area contributed by atoms with E-state index in [0.717, 1.165) is 28.5 Å². The fraction of sp³-hybridized carbons (Fsp3) is 0.464. The highest BCUT2D eigenvalue weighted by molar-refractivity contribution is 7.92. The van der Waals surface area contributed by atoms with Gasteiger partial charge in [0.1, 0.15) is 6.04 Å². The van der Waals surface area contributed by atoms with Crippen LogP contribution in [0.4, 0.5) is 5.69 Å². The maximum absolute atomic E-state index is 13.6. The van der Waals surface area contributed by atoms with Gasteiger partial charge in [-0.05, 0) is 49.4 Å². The van der Waals surface area contributed by atoms with Gasteiger partial charge in [0, 0.05) is 25.0 Å². The number of hydrogen-bond acceptors (Lipinski definition) is 7. The molecule has 1 aliphatic rings. The lowest BCUT2D eigenvalue weighted by molar-refractivity contribution is -0.201. The van der Waals surface area contributed by atoms with E-state index in [4.69, 9.17) is 9.57 Å². The van der Waals surface area contributed by atoms with E-state index in [1.165, 1.54) is 0 Å². The van der Waals surface area contributed by atoms with Crippen LogP contribution in [0.1, 0.15) is 56.3 Å². The summed E-state index contributed by atoms with van der Waals surface area (Å²) in [5, 5.41) is 3.64. The molecule has 218 valence electrons. The van der Waals surface area contributed by atoms with Gasteiger partial charge in [-0.3, -0.25) is 14.4 Å². The van der Waals surface area contributed by atoms with Crippen molar-refractivity contribution in [2.45, 2.75) is 58.3 Å². The van der Waals surface area contributed by atoms with E-state index in [9.17, 15) is 22.8 Å². The molecule has 0 bridgehead atoms. The minimum absolute atomic E-state index is 0.0317. The summed E-state index contributed by atoms with van der Waals surface area (Å²) in [7, 11) is -4.04. The zero-order valence-corrected chi connectivity index (χ0v) is 23.9. The molecule has 0 unspecified atom stereocenters. The Bertz CT molecular complexity index is 1220. The molecule has 0 aromatic heterocycles. The van der Waals surface area contributed by atoms with E-state index < -0.39 is 46.6 Å². The van der Waals surface area contributed by atoms with Crippen molar-refractivity contribution in [3.05, 3.63) is 66.2 Å². The predicted molar refractivity (Wildman–Crippen MR) is 150 cm³/mol. The summed E-state index contributed by atoms with van der Waals surface area (Å²) in [5.74, 6) is -1.68. The van der Waals surface area contributed by atoms with Crippen molar-refractivity contribution in [2.75, 3.05) is 23.8 Å². The Morgan fingerprint density at radius 2 is 1.68 bits per heavy atom. The van der Waals surface area contributed by atoms with Crippen LogP contribution in [0.25, 0.3) is 0 Å². The standard InChI is InChI=1S/C28H38N4O7S/c1-21(2)17-18-25(33)31(32(40(3,36)37)23-14-8-5-9-15-23)20-24(29-27(34)22-12-6-4-7-13-22)28(35)30-39-26-16-10-11-19-38-26/h4-9,12-15,21,24,26H,10-11,16-20H2,1-3H3,(H,29,34)(H,30,35)/t24-,26-/m1/s1. The van der Waals surface area contributed by atoms with Crippen LogP contribution in [0.15, 0.2) is 60.7 Å². The van der Waals surface area contributed by atoms with Gasteiger partial charge in [0.05, 0.1) is 18.5 Å². The molecule has 1 aliphatic heterocycles. The van der Waals surface area contributed by atoms with Crippen LogP contribution < -0.4 is 15.2 Å². The number of carbonyl (C=O) groups is 3. The number of nitrogens with zero attached hydrogens (tertiary/aromatic N) is 2.